The van der Waals surface area contributed by atoms with Gasteiger partial charge in [-0.15, -0.1) is 0 Å². The lowest BCUT2D eigenvalue weighted by Crippen LogP contribution is -2.49. The number of alkyl halides is 12. The molecule has 3 nitrogen and oxygen atoms in total. The van der Waals surface area contributed by atoms with E-state index >= 15 is 0 Å². The van der Waals surface area contributed by atoms with E-state index in [2.05, 4.69) is 0 Å². The molecule has 51 heavy (non-hydrogen) atoms. The van der Waals surface area contributed by atoms with Crippen LogP contribution < -0.4 is 0 Å². The maximum Gasteiger partial charge on any atom is 0.416 e. The van der Waals surface area contributed by atoms with Crippen LogP contribution in [0.2, 0.25) is 0 Å². The minimum Gasteiger partial charge on any atom is -0.373 e. The van der Waals surface area contributed by atoms with E-state index in [0.717, 1.165) is 4.90 Å². The minimum absolute atomic E-state index is 0.0186. The van der Waals surface area contributed by atoms with Crippen molar-refractivity contribution in [3.63, 3.8) is 0 Å². The first-order valence-corrected chi connectivity index (χ1v) is 15.3. The summed E-state index contributed by atoms with van der Waals surface area (Å²) in [5.74, 6) is -2.61. The van der Waals surface area contributed by atoms with Crippen LogP contribution in [0.3, 0.4) is 0 Å². The molecule has 4 aromatic rings. The zero-order valence-corrected chi connectivity index (χ0v) is 26.1. The number of amides is 1. The van der Waals surface area contributed by atoms with Gasteiger partial charge in [0.05, 0.1) is 35.0 Å². The summed E-state index contributed by atoms with van der Waals surface area (Å²) < 4.78 is 169. The van der Waals surface area contributed by atoms with Crippen molar-refractivity contribution in [3.05, 3.63) is 142 Å². The van der Waals surface area contributed by atoms with Gasteiger partial charge in [-0.2, -0.15) is 52.7 Å². The Morgan fingerprint density at radius 1 is 0.627 bits per heavy atom. The van der Waals surface area contributed by atoms with E-state index in [4.69, 9.17) is 4.74 Å². The van der Waals surface area contributed by atoms with Crippen LogP contribution in [0, 0.1) is 5.92 Å². The quantitative estimate of drug-likeness (QED) is 0.177. The van der Waals surface area contributed by atoms with Crippen molar-refractivity contribution in [2.24, 2.45) is 5.92 Å². The highest BCUT2D eigenvalue weighted by Gasteiger charge is 2.42. The Labute approximate surface area is 283 Å². The van der Waals surface area contributed by atoms with Crippen molar-refractivity contribution in [2.75, 3.05) is 13.1 Å². The number of piperidine rings is 1. The highest BCUT2D eigenvalue weighted by Crippen LogP contribution is 2.42. The van der Waals surface area contributed by atoms with Gasteiger partial charge in [0.1, 0.15) is 0 Å². The van der Waals surface area contributed by atoms with Crippen molar-refractivity contribution < 1.29 is 62.2 Å². The lowest BCUT2D eigenvalue weighted by molar-refractivity contribution is -0.144. The second-order valence-electron chi connectivity index (χ2n) is 12.1. The van der Waals surface area contributed by atoms with Crippen LogP contribution in [0.1, 0.15) is 61.6 Å². The zero-order chi connectivity index (χ0) is 37.4. The number of ether oxygens (including phenoxy) is 1. The molecular weight excluding hydrogens is 706 g/mol. The van der Waals surface area contributed by atoms with Crippen LogP contribution >= 0.6 is 0 Å². The van der Waals surface area contributed by atoms with Crippen LogP contribution in [0.25, 0.3) is 0 Å². The Hall–Kier alpha value is -4.53. The monoisotopic (exact) mass is 733 g/mol. The lowest BCUT2D eigenvalue weighted by atomic mass is 9.75. The summed E-state index contributed by atoms with van der Waals surface area (Å²) in [6.07, 6.45) is -21.7. The fraction of sp³-hybridized carbons (Fsp3) is 0.306. The summed E-state index contributed by atoms with van der Waals surface area (Å²) in [5.41, 5.74) is -6.43. The Balaban J connectivity index is 1.54. The Morgan fingerprint density at radius 2 is 1.04 bits per heavy atom. The molecule has 1 fully saturated rings. The van der Waals surface area contributed by atoms with Crippen LogP contribution in [0.15, 0.2) is 97.1 Å². The molecule has 1 aliphatic heterocycles. The van der Waals surface area contributed by atoms with Crippen molar-refractivity contribution in [2.45, 2.75) is 49.8 Å². The van der Waals surface area contributed by atoms with Crippen molar-refractivity contribution in [1.82, 2.24) is 4.90 Å². The Bertz CT molecular complexity index is 1710. The lowest BCUT2D eigenvalue weighted by Gasteiger charge is -2.42. The van der Waals surface area contributed by atoms with Crippen LogP contribution in [-0.2, 0) is 36.0 Å². The molecule has 2 atom stereocenters. The highest BCUT2D eigenvalue weighted by atomic mass is 19.4. The van der Waals surface area contributed by atoms with Crippen molar-refractivity contribution in [3.8, 4) is 0 Å². The van der Waals surface area contributed by atoms with E-state index in [9.17, 15) is 57.5 Å². The van der Waals surface area contributed by atoms with Crippen LogP contribution in [0.4, 0.5) is 52.7 Å². The average Bonchev–Trinajstić information content (AvgIpc) is 3.06. The molecule has 0 spiro atoms. The van der Waals surface area contributed by atoms with E-state index in [1.165, 1.54) is 0 Å². The maximum atomic E-state index is 13.7. The molecular formula is C36H27F12NO2. The molecule has 1 aliphatic rings. The first-order valence-electron chi connectivity index (χ1n) is 15.3. The molecule has 0 aliphatic carbocycles. The number of carbonyl (C=O) groups is 1. The number of carbonyl (C=O) groups excluding carboxylic acids is 1. The van der Waals surface area contributed by atoms with Crippen molar-refractivity contribution >= 4 is 5.91 Å². The number of benzene rings is 4. The van der Waals surface area contributed by atoms with E-state index in [1.807, 2.05) is 0 Å². The molecule has 1 amide bonds. The molecule has 0 radical (unpaired) electrons. The number of hydrogen-bond acceptors (Lipinski definition) is 2. The predicted octanol–water partition coefficient (Wildman–Crippen LogP) is 10.6. The molecule has 0 unspecified atom stereocenters. The van der Waals surface area contributed by atoms with Gasteiger partial charge in [-0.05, 0) is 59.5 Å². The van der Waals surface area contributed by atoms with Gasteiger partial charge in [0, 0.05) is 30.5 Å². The van der Waals surface area contributed by atoms with Gasteiger partial charge in [-0.1, -0.05) is 60.7 Å². The summed E-state index contributed by atoms with van der Waals surface area (Å²) in [6.45, 7) is -1.27. The van der Waals surface area contributed by atoms with Gasteiger partial charge in [0.25, 0.3) is 5.91 Å². The number of hydrogen-bond donors (Lipinski definition) is 0. The molecule has 4 aromatic carbocycles. The molecule has 0 N–H and O–H groups in total. The average molecular weight is 734 g/mol. The third kappa shape index (κ3) is 9.04. The molecule has 0 saturated carbocycles. The summed E-state index contributed by atoms with van der Waals surface area (Å²) in [5, 5.41) is 0. The topological polar surface area (TPSA) is 29.5 Å². The van der Waals surface area contributed by atoms with Crippen LogP contribution in [0.5, 0.6) is 0 Å². The summed E-state index contributed by atoms with van der Waals surface area (Å²) in [7, 11) is 0. The van der Waals surface area contributed by atoms with Crippen molar-refractivity contribution in [1.29, 1.82) is 0 Å². The second kappa shape index (κ2) is 14.2. The smallest absolute Gasteiger partial charge is 0.373 e. The maximum absolute atomic E-state index is 13.7. The fourth-order valence-corrected chi connectivity index (χ4v) is 6.25. The highest BCUT2D eigenvalue weighted by molar-refractivity contribution is 5.94. The molecule has 272 valence electrons. The van der Waals surface area contributed by atoms with Crippen LogP contribution in [-0.4, -0.2) is 30.0 Å². The summed E-state index contributed by atoms with van der Waals surface area (Å²) >= 11 is 0. The Morgan fingerprint density at radius 3 is 1.45 bits per heavy atom. The summed E-state index contributed by atoms with van der Waals surface area (Å²) in [6, 6.07) is 18.8. The SMILES string of the molecule is O=C(c1cc(C(F)(F)F)cc(C(F)(F)F)c1)N1CC[C@H](OCc2cc(C(F)(F)F)cc(C(F)(F)F)c2)[C@H](C(c2ccccc2)c2ccccc2)C1. The minimum atomic E-state index is -5.21. The first-order chi connectivity index (χ1) is 23.7. The molecule has 1 saturated heterocycles. The fourth-order valence-electron chi connectivity index (χ4n) is 6.25. The number of rotatable bonds is 7. The number of nitrogens with zero attached hydrogens (tertiary/aromatic N) is 1. The van der Waals surface area contributed by atoms with Gasteiger partial charge in [-0.25, -0.2) is 0 Å². The second-order valence-corrected chi connectivity index (χ2v) is 12.1. The van der Waals surface area contributed by atoms with Gasteiger partial charge >= 0.3 is 24.7 Å². The number of halogens is 12. The van der Waals surface area contributed by atoms with E-state index < -0.39 is 88.5 Å². The zero-order valence-electron chi connectivity index (χ0n) is 26.1. The molecule has 15 heteroatoms. The first kappa shape index (κ1) is 37.7. The third-order valence-corrected chi connectivity index (χ3v) is 8.57. The number of likely N-dealkylation sites (tertiary alicyclic amines) is 1. The summed E-state index contributed by atoms with van der Waals surface area (Å²) in [4.78, 5) is 14.8. The van der Waals surface area contributed by atoms with Gasteiger partial charge < -0.3 is 9.64 Å². The molecule has 1 heterocycles. The molecule has 5 rings (SSSR count). The Kier molecular flexibility index (Phi) is 10.5. The third-order valence-electron chi connectivity index (χ3n) is 8.57. The largest absolute Gasteiger partial charge is 0.416 e. The van der Waals surface area contributed by atoms with Gasteiger partial charge in [-0.3, -0.25) is 4.79 Å². The normalized spacial score (nSPS) is 17.5. The van der Waals surface area contributed by atoms with Gasteiger partial charge in [0.2, 0.25) is 0 Å². The predicted molar refractivity (Wildman–Crippen MR) is 160 cm³/mol. The molecule has 0 bridgehead atoms. The van der Waals surface area contributed by atoms with Gasteiger partial charge in [0.15, 0.2) is 0 Å². The van der Waals surface area contributed by atoms with E-state index in [0.29, 0.717) is 35.4 Å². The van der Waals surface area contributed by atoms with E-state index in [-0.39, 0.29) is 31.6 Å². The molecule has 0 aromatic heterocycles. The standard InChI is InChI=1S/C36H27F12NO2/c37-33(38,39)25-13-21(14-26(17-25)34(40,41)42)20-51-30-11-12-49(32(50)24-15-27(35(43,44)45)18-28(16-24)36(46,47)48)19-29(30)31(22-7-3-1-4-8-22)23-9-5-2-6-10-23/h1-10,13-18,29-31H,11-12,19-20H2/t29-,30+/m1/s1. The van der Waals surface area contributed by atoms with E-state index in [1.54, 1.807) is 60.7 Å².